The lowest BCUT2D eigenvalue weighted by atomic mass is 9.70. The van der Waals surface area contributed by atoms with Crippen LogP contribution >= 0.6 is 0 Å². The number of carbonyl (C=O) groups excluding carboxylic acids is 1. The monoisotopic (exact) mass is 551 g/mol. The van der Waals surface area contributed by atoms with E-state index in [2.05, 4.69) is 41.5 Å². The van der Waals surface area contributed by atoms with Crippen molar-refractivity contribution in [2.75, 3.05) is 12.4 Å². The highest BCUT2D eigenvalue weighted by atomic mass is 19.4. The number of methoxy groups -OCH3 is 1. The second kappa shape index (κ2) is 10.5. The van der Waals surface area contributed by atoms with Crippen LogP contribution in [0.25, 0.3) is 22.2 Å². The first kappa shape index (κ1) is 27.6. The van der Waals surface area contributed by atoms with E-state index in [4.69, 9.17) is 9.72 Å². The van der Waals surface area contributed by atoms with Gasteiger partial charge >= 0.3 is 12.3 Å². The molecule has 1 N–H and O–H groups in total. The third-order valence-electron chi connectivity index (χ3n) is 7.40. The van der Waals surface area contributed by atoms with Crippen molar-refractivity contribution >= 4 is 28.6 Å². The van der Waals surface area contributed by atoms with Gasteiger partial charge < -0.3 is 19.4 Å². The molecule has 1 saturated carbocycles. The summed E-state index contributed by atoms with van der Waals surface area (Å²) in [5, 5.41) is 3.34. The van der Waals surface area contributed by atoms with E-state index in [-0.39, 0.29) is 23.2 Å². The highest BCUT2D eigenvalue weighted by molar-refractivity contribution is 5.90. The fourth-order valence-corrected chi connectivity index (χ4v) is 6.01. The third kappa shape index (κ3) is 6.08. The van der Waals surface area contributed by atoms with Crippen LogP contribution in [0.2, 0.25) is 0 Å². The van der Waals surface area contributed by atoms with Gasteiger partial charge in [-0.1, -0.05) is 39.0 Å². The summed E-state index contributed by atoms with van der Waals surface area (Å²) in [7, 11) is 1.35. The summed E-state index contributed by atoms with van der Waals surface area (Å²) in [5.74, 6) is 0.495. The molecule has 3 aromatic carbocycles. The van der Waals surface area contributed by atoms with Crippen LogP contribution < -0.4 is 10.1 Å². The number of nitrogens with zero attached hydrogens (tertiary/aromatic N) is 2. The number of hydrogen-bond donors (Lipinski definition) is 1. The van der Waals surface area contributed by atoms with Gasteiger partial charge in [0.15, 0.2) is 0 Å². The average Bonchev–Trinajstić information content (AvgIpc) is 3.24. The quantitative estimate of drug-likeness (QED) is 0.243. The number of aromatic nitrogens is 2. The van der Waals surface area contributed by atoms with Crippen LogP contribution in [0.15, 0.2) is 66.7 Å². The number of esters is 1. The van der Waals surface area contributed by atoms with Gasteiger partial charge in [-0.15, -0.1) is 13.2 Å². The average molecular weight is 552 g/mol. The first-order valence-corrected chi connectivity index (χ1v) is 13.2. The molecule has 0 radical (unpaired) electrons. The summed E-state index contributed by atoms with van der Waals surface area (Å²) >= 11 is 0. The molecule has 40 heavy (non-hydrogen) atoms. The Morgan fingerprint density at radius 1 is 1.00 bits per heavy atom. The summed E-state index contributed by atoms with van der Waals surface area (Å²) in [6.07, 6.45) is -1.62. The summed E-state index contributed by atoms with van der Waals surface area (Å²) in [6.45, 7) is 6.85. The van der Waals surface area contributed by atoms with Crippen molar-refractivity contribution in [1.29, 1.82) is 0 Å². The topological polar surface area (TPSA) is 65.4 Å². The molecule has 1 aliphatic carbocycles. The Labute approximate surface area is 231 Å². The molecular formula is C31H32F3N3O3. The fourth-order valence-electron chi connectivity index (χ4n) is 6.01. The highest BCUT2D eigenvalue weighted by Crippen LogP contribution is 2.46. The zero-order valence-electron chi connectivity index (χ0n) is 22.9. The minimum atomic E-state index is -4.75. The highest BCUT2D eigenvalue weighted by Gasteiger charge is 2.35. The molecule has 6 nitrogen and oxygen atoms in total. The summed E-state index contributed by atoms with van der Waals surface area (Å²) in [4.78, 5) is 16.8. The SMILES string of the molecule is COC(=O)c1ccc(-c2ccc3c(c2)nc(Nc2ccc(OC(F)(F)F)cc2)n3[C@H]2C[C@@H](C)CC(C)(C)C2)cc1. The van der Waals surface area contributed by atoms with Crippen LogP contribution in [0.3, 0.4) is 0 Å². The van der Waals surface area contributed by atoms with Crippen LogP contribution in [0.4, 0.5) is 24.8 Å². The summed E-state index contributed by atoms with van der Waals surface area (Å²) in [5.41, 5.74) is 4.90. The Bertz CT molecular complexity index is 1510. The van der Waals surface area contributed by atoms with Gasteiger partial charge in [0.1, 0.15) is 5.75 Å². The number of imidazole rings is 1. The van der Waals surface area contributed by atoms with E-state index in [1.165, 1.54) is 19.2 Å². The molecule has 210 valence electrons. The van der Waals surface area contributed by atoms with Gasteiger partial charge in [0, 0.05) is 11.7 Å². The Balaban J connectivity index is 1.53. The van der Waals surface area contributed by atoms with Crippen LogP contribution in [0.5, 0.6) is 5.75 Å². The van der Waals surface area contributed by atoms with E-state index in [0.29, 0.717) is 23.1 Å². The van der Waals surface area contributed by atoms with Crippen LogP contribution in [-0.4, -0.2) is 29.0 Å². The van der Waals surface area contributed by atoms with Gasteiger partial charge in [-0.25, -0.2) is 9.78 Å². The van der Waals surface area contributed by atoms with E-state index in [1.54, 1.807) is 24.3 Å². The third-order valence-corrected chi connectivity index (χ3v) is 7.40. The van der Waals surface area contributed by atoms with E-state index >= 15 is 0 Å². The van der Waals surface area contributed by atoms with Crippen molar-refractivity contribution in [3.8, 4) is 16.9 Å². The molecule has 0 unspecified atom stereocenters. The van der Waals surface area contributed by atoms with Gasteiger partial charge in [0.05, 0.1) is 23.7 Å². The standard InChI is InChI=1S/C31H32F3N3O3/c1-19-15-24(18-30(2,3)17-19)37-27-14-9-22(20-5-7-21(8-6-20)28(38)39-4)16-26(27)36-29(37)35-23-10-12-25(13-11-23)40-31(32,33)34/h5-14,16,19,24H,15,17-18H2,1-4H3,(H,35,36)/t19-,24+/m1/s1. The number of benzene rings is 3. The van der Waals surface area contributed by atoms with Gasteiger partial charge in [0.25, 0.3) is 0 Å². The molecule has 1 fully saturated rings. The maximum atomic E-state index is 12.6. The van der Waals surface area contributed by atoms with Crippen molar-refractivity contribution in [3.05, 3.63) is 72.3 Å². The van der Waals surface area contributed by atoms with Crippen molar-refractivity contribution < 1.29 is 27.4 Å². The minimum Gasteiger partial charge on any atom is -0.465 e. The van der Waals surface area contributed by atoms with Gasteiger partial charge in [-0.2, -0.15) is 0 Å². The zero-order chi connectivity index (χ0) is 28.7. The molecule has 0 aliphatic heterocycles. The largest absolute Gasteiger partial charge is 0.573 e. The van der Waals surface area contributed by atoms with Gasteiger partial charge in [-0.3, -0.25) is 0 Å². The lowest BCUT2D eigenvalue weighted by Gasteiger charge is -2.40. The van der Waals surface area contributed by atoms with E-state index in [9.17, 15) is 18.0 Å². The van der Waals surface area contributed by atoms with E-state index < -0.39 is 6.36 Å². The second-order valence-electron chi connectivity index (χ2n) is 11.3. The predicted molar refractivity (Wildman–Crippen MR) is 149 cm³/mol. The number of alkyl halides is 3. The lowest BCUT2D eigenvalue weighted by Crippen LogP contribution is -2.29. The molecule has 0 saturated heterocycles. The molecule has 0 spiro atoms. The van der Waals surface area contributed by atoms with Crippen molar-refractivity contribution in [3.63, 3.8) is 0 Å². The molecule has 1 heterocycles. The Morgan fingerprint density at radius 2 is 1.68 bits per heavy atom. The summed E-state index contributed by atoms with van der Waals surface area (Å²) in [6, 6.07) is 19.2. The smallest absolute Gasteiger partial charge is 0.465 e. The number of fused-ring (bicyclic) bond motifs is 1. The van der Waals surface area contributed by atoms with Crippen molar-refractivity contribution in [1.82, 2.24) is 9.55 Å². The number of halogens is 3. The minimum absolute atomic E-state index is 0.161. The Morgan fingerprint density at radius 3 is 2.30 bits per heavy atom. The van der Waals surface area contributed by atoms with E-state index in [0.717, 1.165) is 41.4 Å². The number of ether oxygens (including phenoxy) is 2. The van der Waals surface area contributed by atoms with Crippen LogP contribution in [-0.2, 0) is 4.74 Å². The number of carbonyl (C=O) groups is 1. The fraction of sp³-hybridized carbons (Fsp3) is 0.355. The molecule has 1 aliphatic rings. The van der Waals surface area contributed by atoms with Gasteiger partial charge in [-0.05, 0) is 90.3 Å². The number of nitrogens with one attached hydrogen (secondary N) is 1. The second-order valence-corrected chi connectivity index (χ2v) is 11.3. The predicted octanol–water partition coefficient (Wildman–Crippen LogP) is 8.52. The van der Waals surface area contributed by atoms with Crippen molar-refractivity contribution in [2.24, 2.45) is 11.3 Å². The number of rotatable bonds is 6. The Hall–Kier alpha value is -4.01. The lowest BCUT2D eigenvalue weighted by molar-refractivity contribution is -0.274. The molecule has 2 atom stereocenters. The molecule has 9 heteroatoms. The number of hydrogen-bond acceptors (Lipinski definition) is 5. The Kier molecular flexibility index (Phi) is 7.25. The van der Waals surface area contributed by atoms with Crippen LogP contribution in [0.1, 0.15) is 56.4 Å². The normalized spacial score (nSPS) is 18.9. The maximum Gasteiger partial charge on any atom is 0.573 e. The van der Waals surface area contributed by atoms with Gasteiger partial charge in [0.2, 0.25) is 5.95 Å². The van der Waals surface area contributed by atoms with Crippen molar-refractivity contribution in [2.45, 2.75) is 52.4 Å². The van der Waals surface area contributed by atoms with E-state index in [1.807, 2.05) is 24.3 Å². The zero-order valence-corrected chi connectivity index (χ0v) is 22.9. The molecule has 0 amide bonds. The molecular weight excluding hydrogens is 519 g/mol. The maximum absolute atomic E-state index is 12.6. The molecule has 5 rings (SSSR count). The first-order valence-electron chi connectivity index (χ1n) is 13.2. The number of anilines is 2. The molecule has 4 aromatic rings. The van der Waals surface area contributed by atoms with Crippen LogP contribution in [0, 0.1) is 11.3 Å². The summed E-state index contributed by atoms with van der Waals surface area (Å²) < 4.78 is 48.9. The molecule has 0 bridgehead atoms. The molecule has 1 aromatic heterocycles. The first-order chi connectivity index (χ1) is 18.9.